The highest BCUT2D eigenvalue weighted by Crippen LogP contribution is 2.42. The Morgan fingerprint density at radius 2 is 0.854 bits per heavy atom. The summed E-state index contributed by atoms with van der Waals surface area (Å²) in [4.78, 5) is 14.9. The smallest absolute Gasteiger partial charge is 0.164 e. The standard InChI is InChI=1S/C37H23N3O/c1-3-13-25(14-4-1)35-38-36(26-15-5-2-6-16-26)40-37(39-35)30-21-11-23-32-34(30)33-29(20-10-22-31(33)41-32)28-19-9-17-24-12-7-8-18-27(24)28/h1-23H. The van der Waals surface area contributed by atoms with Crippen LogP contribution in [-0.2, 0) is 0 Å². The predicted octanol–water partition coefficient (Wildman–Crippen LogP) is 9.59. The maximum absolute atomic E-state index is 6.45. The summed E-state index contributed by atoms with van der Waals surface area (Å²) in [5, 5.41) is 4.45. The summed E-state index contributed by atoms with van der Waals surface area (Å²) in [7, 11) is 0. The fourth-order valence-corrected chi connectivity index (χ4v) is 5.67. The van der Waals surface area contributed by atoms with E-state index in [9.17, 15) is 0 Å². The molecule has 0 unspecified atom stereocenters. The first-order valence-electron chi connectivity index (χ1n) is 13.6. The fourth-order valence-electron chi connectivity index (χ4n) is 5.67. The predicted molar refractivity (Wildman–Crippen MR) is 166 cm³/mol. The lowest BCUT2D eigenvalue weighted by atomic mass is 9.93. The number of furan rings is 1. The van der Waals surface area contributed by atoms with Crippen LogP contribution in [0.4, 0.5) is 0 Å². The highest BCUT2D eigenvalue weighted by Gasteiger charge is 2.20. The lowest BCUT2D eigenvalue weighted by Crippen LogP contribution is -2.00. The molecule has 0 amide bonds. The lowest BCUT2D eigenvalue weighted by Gasteiger charge is -2.11. The van der Waals surface area contributed by atoms with Crippen LogP contribution in [0.1, 0.15) is 0 Å². The fraction of sp³-hybridized carbons (Fsp3) is 0. The van der Waals surface area contributed by atoms with Crippen LogP contribution in [-0.4, -0.2) is 15.0 Å². The summed E-state index contributed by atoms with van der Waals surface area (Å²) in [6.45, 7) is 0. The van der Waals surface area contributed by atoms with E-state index in [1.54, 1.807) is 0 Å². The van der Waals surface area contributed by atoms with Crippen molar-refractivity contribution >= 4 is 32.7 Å². The normalized spacial score (nSPS) is 11.4. The largest absolute Gasteiger partial charge is 0.456 e. The van der Waals surface area contributed by atoms with Gasteiger partial charge in [0.2, 0.25) is 0 Å². The lowest BCUT2D eigenvalue weighted by molar-refractivity contribution is 0.669. The molecule has 0 bridgehead atoms. The van der Waals surface area contributed by atoms with Crippen LogP contribution in [0.2, 0.25) is 0 Å². The van der Waals surface area contributed by atoms with Crippen LogP contribution in [0, 0.1) is 0 Å². The molecule has 0 atom stereocenters. The first-order chi connectivity index (χ1) is 20.3. The van der Waals surface area contributed by atoms with E-state index in [-0.39, 0.29) is 0 Å². The van der Waals surface area contributed by atoms with Crippen molar-refractivity contribution in [3.8, 4) is 45.3 Å². The SMILES string of the molecule is c1ccc(-c2nc(-c3ccccc3)nc(-c3cccc4oc5cccc(-c6cccc7ccccc67)c5c34)n2)cc1. The minimum atomic E-state index is 0.610. The first-order valence-corrected chi connectivity index (χ1v) is 13.6. The average Bonchev–Trinajstić information content (AvgIpc) is 3.44. The van der Waals surface area contributed by atoms with Crippen LogP contribution in [0.15, 0.2) is 144 Å². The monoisotopic (exact) mass is 525 g/mol. The minimum absolute atomic E-state index is 0.610. The summed E-state index contributed by atoms with van der Waals surface area (Å²) >= 11 is 0. The van der Waals surface area contributed by atoms with E-state index in [4.69, 9.17) is 19.4 Å². The van der Waals surface area contributed by atoms with Crippen molar-refractivity contribution in [1.29, 1.82) is 0 Å². The number of hydrogen-bond acceptors (Lipinski definition) is 4. The van der Waals surface area contributed by atoms with Gasteiger partial charge in [0, 0.05) is 27.5 Å². The van der Waals surface area contributed by atoms with E-state index >= 15 is 0 Å². The van der Waals surface area contributed by atoms with Gasteiger partial charge in [0.1, 0.15) is 11.2 Å². The Labute approximate surface area is 236 Å². The molecule has 0 aliphatic heterocycles. The van der Waals surface area contributed by atoms with Gasteiger partial charge in [-0.25, -0.2) is 15.0 Å². The summed E-state index contributed by atoms with van der Waals surface area (Å²) in [6.07, 6.45) is 0. The van der Waals surface area contributed by atoms with E-state index in [0.717, 1.165) is 49.8 Å². The summed E-state index contributed by atoms with van der Waals surface area (Å²) in [5.74, 6) is 1.88. The number of aromatic nitrogens is 3. The summed E-state index contributed by atoms with van der Waals surface area (Å²) in [6, 6.07) is 47.4. The molecule has 0 fully saturated rings. The molecule has 2 aromatic heterocycles. The van der Waals surface area contributed by atoms with Gasteiger partial charge in [-0.05, 0) is 34.0 Å². The molecule has 6 aromatic carbocycles. The number of fused-ring (bicyclic) bond motifs is 4. The molecular weight excluding hydrogens is 502 g/mol. The topological polar surface area (TPSA) is 51.8 Å². The second-order valence-corrected chi connectivity index (χ2v) is 10.0. The van der Waals surface area contributed by atoms with Crippen LogP contribution in [0.25, 0.3) is 78.0 Å². The second kappa shape index (κ2) is 9.54. The number of rotatable bonds is 4. The summed E-state index contributed by atoms with van der Waals surface area (Å²) < 4.78 is 6.45. The molecule has 8 rings (SSSR count). The highest BCUT2D eigenvalue weighted by atomic mass is 16.3. The molecule has 4 nitrogen and oxygen atoms in total. The number of benzene rings is 6. The maximum atomic E-state index is 6.45. The van der Waals surface area contributed by atoms with Gasteiger partial charge in [-0.1, -0.05) is 127 Å². The van der Waals surface area contributed by atoms with Crippen LogP contribution < -0.4 is 0 Å². The summed E-state index contributed by atoms with van der Waals surface area (Å²) in [5.41, 5.74) is 6.70. The van der Waals surface area contributed by atoms with E-state index < -0.39 is 0 Å². The average molecular weight is 526 g/mol. The molecule has 41 heavy (non-hydrogen) atoms. The highest BCUT2D eigenvalue weighted by molar-refractivity contribution is 6.19. The van der Waals surface area contributed by atoms with Gasteiger partial charge in [0.25, 0.3) is 0 Å². The van der Waals surface area contributed by atoms with Crippen molar-refractivity contribution in [3.63, 3.8) is 0 Å². The van der Waals surface area contributed by atoms with Gasteiger partial charge in [0.15, 0.2) is 17.5 Å². The number of nitrogens with zero attached hydrogens (tertiary/aromatic N) is 3. The van der Waals surface area contributed by atoms with Gasteiger partial charge in [-0.3, -0.25) is 0 Å². The molecule has 0 aliphatic rings. The Balaban J connectivity index is 1.44. The van der Waals surface area contributed by atoms with Crippen molar-refractivity contribution < 1.29 is 4.42 Å². The molecule has 0 N–H and O–H groups in total. The van der Waals surface area contributed by atoms with Crippen molar-refractivity contribution in [2.75, 3.05) is 0 Å². The van der Waals surface area contributed by atoms with Crippen molar-refractivity contribution in [1.82, 2.24) is 15.0 Å². The third kappa shape index (κ3) is 3.97. The Bertz CT molecular complexity index is 2140. The molecule has 2 heterocycles. The maximum Gasteiger partial charge on any atom is 0.164 e. The molecular formula is C37H23N3O. The van der Waals surface area contributed by atoms with Gasteiger partial charge in [-0.2, -0.15) is 0 Å². The minimum Gasteiger partial charge on any atom is -0.456 e. The third-order valence-electron chi connectivity index (χ3n) is 7.54. The molecule has 4 heteroatoms. The Hall–Kier alpha value is -5.61. The van der Waals surface area contributed by atoms with Crippen molar-refractivity contribution in [2.45, 2.75) is 0 Å². The van der Waals surface area contributed by atoms with Gasteiger partial charge < -0.3 is 4.42 Å². The van der Waals surface area contributed by atoms with Crippen LogP contribution in [0.5, 0.6) is 0 Å². The molecule has 0 spiro atoms. The molecule has 0 radical (unpaired) electrons. The first kappa shape index (κ1) is 23.3. The van der Waals surface area contributed by atoms with Crippen LogP contribution in [0.3, 0.4) is 0 Å². The molecule has 0 saturated heterocycles. The molecule has 0 aliphatic carbocycles. The van der Waals surface area contributed by atoms with E-state index in [1.807, 2.05) is 78.9 Å². The number of hydrogen-bond donors (Lipinski definition) is 0. The van der Waals surface area contributed by atoms with E-state index in [0.29, 0.717) is 17.5 Å². The van der Waals surface area contributed by atoms with Gasteiger partial charge in [0.05, 0.1) is 0 Å². The Morgan fingerprint density at radius 1 is 0.366 bits per heavy atom. The zero-order valence-corrected chi connectivity index (χ0v) is 22.0. The van der Waals surface area contributed by atoms with E-state index in [2.05, 4.69) is 60.7 Å². The quantitative estimate of drug-likeness (QED) is 0.230. The zero-order chi connectivity index (χ0) is 27.2. The van der Waals surface area contributed by atoms with Gasteiger partial charge in [-0.15, -0.1) is 0 Å². The zero-order valence-electron chi connectivity index (χ0n) is 22.0. The van der Waals surface area contributed by atoms with Crippen molar-refractivity contribution in [3.05, 3.63) is 140 Å². The molecule has 192 valence electrons. The Kier molecular flexibility index (Phi) is 5.42. The Morgan fingerprint density at radius 3 is 1.54 bits per heavy atom. The van der Waals surface area contributed by atoms with E-state index in [1.165, 1.54) is 10.8 Å². The molecule has 0 saturated carbocycles. The molecule has 8 aromatic rings. The second-order valence-electron chi connectivity index (χ2n) is 10.0. The van der Waals surface area contributed by atoms with Crippen LogP contribution >= 0.6 is 0 Å². The van der Waals surface area contributed by atoms with Crippen molar-refractivity contribution in [2.24, 2.45) is 0 Å². The third-order valence-corrected chi connectivity index (χ3v) is 7.54. The van der Waals surface area contributed by atoms with Gasteiger partial charge >= 0.3 is 0 Å².